The molecule has 3 aromatic rings. The van der Waals surface area contributed by atoms with E-state index in [-0.39, 0.29) is 12.6 Å². The van der Waals surface area contributed by atoms with Crippen LogP contribution in [-0.2, 0) is 28.2 Å². The molecule has 1 atom stereocenters. The van der Waals surface area contributed by atoms with E-state index in [4.69, 9.17) is 4.74 Å². The Bertz CT molecular complexity index is 1280. The van der Waals surface area contributed by atoms with Crippen LogP contribution in [0, 0.1) is 0 Å². The lowest BCUT2D eigenvalue weighted by Gasteiger charge is -2.40. The van der Waals surface area contributed by atoms with Crippen LogP contribution in [0.5, 0.6) is 0 Å². The number of alkyl halides is 6. The van der Waals surface area contributed by atoms with Crippen LogP contribution in [0.2, 0.25) is 0 Å². The Balaban J connectivity index is 1.47. The lowest BCUT2D eigenvalue weighted by Crippen LogP contribution is -2.56. The third kappa shape index (κ3) is 6.71. The Morgan fingerprint density at radius 2 is 1.39 bits per heavy atom. The van der Waals surface area contributed by atoms with Gasteiger partial charge in [-0.1, -0.05) is 48.5 Å². The minimum atomic E-state index is -5.94. The highest BCUT2D eigenvalue weighted by Gasteiger charge is 2.71. The number of esters is 1. The molecule has 2 aromatic carbocycles. The van der Waals surface area contributed by atoms with E-state index >= 15 is 0 Å². The summed E-state index contributed by atoms with van der Waals surface area (Å²) in [7, 11) is 0. The van der Waals surface area contributed by atoms with E-state index in [2.05, 4.69) is 9.88 Å². The number of carbonyl (C=O) groups excluding carboxylic acids is 1. The minimum absolute atomic E-state index is 0.254. The van der Waals surface area contributed by atoms with Crippen molar-refractivity contribution in [1.82, 2.24) is 14.8 Å². The molecule has 1 aromatic heterocycles. The molecule has 0 aliphatic carbocycles. The summed E-state index contributed by atoms with van der Waals surface area (Å²) >= 11 is 0. The van der Waals surface area contributed by atoms with Gasteiger partial charge in [0.2, 0.25) is 0 Å². The first-order chi connectivity index (χ1) is 19.3. The van der Waals surface area contributed by atoms with Crippen molar-refractivity contribution >= 4 is 5.97 Å². The lowest BCUT2D eigenvalue weighted by molar-refractivity contribution is -0.376. The Morgan fingerprint density at radius 1 is 0.854 bits per heavy atom. The van der Waals surface area contributed by atoms with Gasteiger partial charge in [-0.25, -0.2) is 0 Å². The third-order valence-electron chi connectivity index (χ3n) is 7.09. The topological polar surface area (TPSA) is 65.9 Å². The summed E-state index contributed by atoms with van der Waals surface area (Å²) in [5.74, 6) is -0.318. The van der Waals surface area contributed by atoms with Gasteiger partial charge in [0.05, 0.1) is 6.61 Å². The fourth-order valence-corrected chi connectivity index (χ4v) is 4.85. The maximum Gasteiger partial charge on any atom is 0.430 e. The number of halogens is 6. The second-order valence-corrected chi connectivity index (χ2v) is 9.81. The number of hydrogen-bond donors (Lipinski definition) is 1. The summed E-state index contributed by atoms with van der Waals surface area (Å²) < 4.78 is 84.4. The molecule has 41 heavy (non-hydrogen) atoms. The summed E-state index contributed by atoms with van der Waals surface area (Å²) in [6.45, 7) is 4.93. The number of piperazine rings is 1. The van der Waals surface area contributed by atoms with E-state index in [9.17, 15) is 36.2 Å². The molecule has 0 saturated carbocycles. The van der Waals surface area contributed by atoms with Crippen LogP contribution in [-0.4, -0.2) is 70.5 Å². The van der Waals surface area contributed by atoms with Crippen LogP contribution in [0.4, 0.5) is 26.3 Å². The summed E-state index contributed by atoms with van der Waals surface area (Å²) in [6.07, 6.45) is -8.45. The van der Waals surface area contributed by atoms with Crippen molar-refractivity contribution < 1.29 is 41.0 Å². The second-order valence-electron chi connectivity index (χ2n) is 9.81. The van der Waals surface area contributed by atoms with Gasteiger partial charge in [-0.05, 0) is 41.3 Å². The fraction of sp³-hybridized carbons (Fsp3) is 0.379. The minimum Gasteiger partial charge on any atom is -0.465 e. The van der Waals surface area contributed by atoms with Gasteiger partial charge in [-0.3, -0.25) is 19.6 Å². The molecule has 0 amide bonds. The standard InChI is InChI=1S/C29H29F6N3O3/c1-2-41-26(39)25-19-37(17-21-11-13-36-14-12-21)15-16-38(25)18-20-3-5-22(6-4-20)23-7-9-24(10-8-23)27(40,28(30,31)32)29(33,34)35/h3-14,25,40H,2,15-19H2,1H3/t25-/m0/s1. The SMILES string of the molecule is CCOC(=O)[C@@H]1CN(Cc2ccncc2)CCN1Cc1ccc(-c2ccc(C(O)(C(F)(F)F)C(F)(F)F)cc2)cc1. The first-order valence-corrected chi connectivity index (χ1v) is 12.9. The molecule has 1 fully saturated rings. The van der Waals surface area contributed by atoms with E-state index in [1.165, 1.54) is 0 Å². The van der Waals surface area contributed by atoms with Crippen molar-refractivity contribution in [3.8, 4) is 11.1 Å². The molecule has 1 saturated heterocycles. The summed E-state index contributed by atoms with van der Waals surface area (Å²) in [5.41, 5.74) is -3.40. The van der Waals surface area contributed by atoms with E-state index in [1.54, 1.807) is 43.6 Å². The smallest absolute Gasteiger partial charge is 0.430 e. The third-order valence-corrected chi connectivity index (χ3v) is 7.09. The largest absolute Gasteiger partial charge is 0.465 e. The van der Waals surface area contributed by atoms with Crippen molar-refractivity contribution in [3.63, 3.8) is 0 Å². The first-order valence-electron chi connectivity index (χ1n) is 12.9. The monoisotopic (exact) mass is 581 g/mol. The van der Waals surface area contributed by atoms with Crippen molar-refractivity contribution in [2.45, 2.75) is 44.0 Å². The maximum absolute atomic E-state index is 13.2. The Kier molecular flexibility index (Phi) is 9.05. The quantitative estimate of drug-likeness (QED) is 0.288. The second kappa shape index (κ2) is 12.2. The molecule has 6 nitrogen and oxygen atoms in total. The van der Waals surface area contributed by atoms with Gasteiger partial charge in [-0.15, -0.1) is 0 Å². The number of carbonyl (C=O) groups is 1. The molecule has 1 aliphatic rings. The van der Waals surface area contributed by atoms with Crippen LogP contribution in [0.15, 0.2) is 73.1 Å². The van der Waals surface area contributed by atoms with E-state index in [0.29, 0.717) is 49.4 Å². The van der Waals surface area contributed by atoms with Crippen molar-refractivity contribution in [1.29, 1.82) is 0 Å². The van der Waals surface area contributed by atoms with Crippen molar-refractivity contribution in [2.24, 2.45) is 0 Å². The molecule has 4 rings (SSSR count). The molecule has 0 spiro atoms. The highest BCUT2D eigenvalue weighted by molar-refractivity contribution is 5.76. The number of hydrogen-bond acceptors (Lipinski definition) is 6. The zero-order chi connectivity index (χ0) is 29.8. The highest BCUT2D eigenvalue weighted by atomic mass is 19.4. The summed E-state index contributed by atoms with van der Waals surface area (Å²) in [4.78, 5) is 21.0. The molecule has 0 bridgehead atoms. The zero-order valence-electron chi connectivity index (χ0n) is 22.1. The van der Waals surface area contributed by atoms with Gasteiger partial charge in [0, 0.05) is 50.7 Å². The van der Waals surface area contributed by atoms with Crippen molar-refractivity contribution in [3.05, 3.63) is 89.7 Å². The molecule has 12 heteroatoms. The normalized spacial score (nSPS) is 17.4. The van der Waals surface area contributed by atoms with E-state index < -0.39 is 29.6 Å². The molecule has 2 heterocycles. The Labute approximate surface area is 233 Å². The van der Waals surface area contributed by atoms with Gasteiger partial charge < -0.3 is 9.84 Å². The van der Waals surface area contributed by atoms with Gasteiger partial charge in [0.15, 0.2) is 0 Å². The van der Waals surface area contributed by atoms with Crippen molar-refractivity contribution in [2.75, 3.05) is 26.2 Å². The summed E-state index contributed by atoms with van der Waals surface area (Å²) in [6, 6.07) is 13.8. The summed E-state index contributed by atoms with van der Waals surface area (Å²) in [5, 5.41) is 9.60. The van der Waals surface area contributed by atoms with Crippen LogP contribution < -0.4 is 0 Å². The Morgan fingerprint density at radius 3 is 1.93 bits per heavy atom. The predicted molar refractivity (Wildman–Crippen MR) is 138 cm³/mol. The van der Waals surface area contributed by atoms with Gasteiger partial charge in [0.25, 0.3) is 5.60 Å². The lowest BCUT2D eigenvalue weighted by atomic mass is 9.90. The molecule has 1 aliphatic heterocycles. The molecular weight excluding hydrogens is 552 g/mol. The van der Waals surface area contributed by atoms with Gasteiger partial charge >= 0.3 is 18.3 Å². The predicted octanol–water partition coefficient (Wildman–Crippen LogP) is 5.31. The number of rotatable bonds is 8. The van der Waals surface area contributed by atoms with Crippen LogP contribution in [0.3, 0.4) is 0 Å². The molecule has 0 unspecified atom stereocenters. The van der Waals surface area contributed by atoms with Crippen LogP contribution in [0.25, 0.3) is 11.1 Å². The fourth-order valence-electron chi connectivity index (χ4n) is 4.85. The number of pyridine rings is 1. The average Bonchev–Trinajstić information content (AvgIpc) is 2.93. The van der Waals surface area contributed by atoms with E-state index in [0.717, 1.165) is 29.8 Å². The van der Waals surface area contributed by atoms with Crippen LogP contribution >= 0.6 is 0 Å². The van der Waals surface area contributed by atoms with Gasteiger partial charge in [0.1, 0.15) is 6.04 Å². The number of ether oxygens (including phenoxy) is 1. The van der Waals surface area contributed by atoms with Crippen LogP contribution in [0.1, 0.15) is 23.6 Å². The van der Waals surface area contributed by atoms with E-state index in [1.807, 2.05) is 17.0 Å². The maximum atomic E-state index is 13.2. The number of aliphatic hydroxyl groups is 1. The Hall–Kier alpha value is -3.48. The molecule has 220 valence electrons. The molecule has 1 N–H and O–H groups in total. The molecule has 0 radical (unpaired) electrons. The molecular formula is C29H29F6N3O3. The first kappa shape index (κ1) is 30.5. The number of benzene rings is 2. The zero-order valence-corrected chi connectivity index (χ0v) is 22.1. The average molecular weight is 582 g/mol. The highest BCUT2D eigenvalue weighted by Crippen LogP contribution is 2.50. The number of aromatic nitrogens is 1. The number of nitrogens with zero attached hydrogens (tertiary/aromatic N) is 3. The van der Waals surface area contributed by atoms with Gasteiger partial charge in [-0.2, -0.15) is 26.3 Å².